The summed E-state index contributed by atoms with van der Waals surface area (Å²) in [6.07, 6.45) is 0. The average molecular weight is 433 g/mol. The van der Waals surface area contributed by atoms with Crippen molar-refractivity contribution in [3.8, 4) is 5.75 Å². The highest BCUT2D eigenvalue weighted by Crippen LogP contribution is 2.42. The third-order valence-electron chi connectivity index (χ3n) is 3.98. The maximum absolute atomic E-state index is 11.8. The van der Waals surface area contributed by atoms with Crippen LogP contribution in [0.3, 0.4) is 0 Å². The standard InChI is InChI=1S/C16H11N5O8S/c17-9-1-3-11-8(5-9)6-14(30(27,28)29)15(16(11)22)19-18-12-4-2-10(20(23)24)7-13(12)21(25)26/h1-7,22H,17H2,(H,27,28,29). The molecule has 0 aromatic heterocycles. The van der Waals surface area contributed by atoms with Crippen LogP contribution in [0.4, 0.5) is 28.4 Å². The summed E-state index contributed by atoms with van der Waals surface area (Å²) in [4.78, 5) is 19.4. The van der Waals surface area contributed by atoms with Gasteiger partial charge >= 0.3 is 5.69 Å². The Balaban J connectivity index is 2.24. The van der Waals surface area contributed by atoms with Crippen LogP contribution in [0.25, 0.3) is 10.8 Å². The number of aromatic hydroxyl groups is 1. The number of nitro groups is 2. The quantitative estimate of drug-likeness (QED) is 0.176. The lowest BCUT2D eigenvalue weighted by molar-refractivity contribution is -0.393. The molecule has 0 radical (unpaired) electrons. The van der Waals surface area contributed by atoms with Crippen molar-refractivity contribution in [2.24, 2.45) is 10.2 Å². The van der Waals surface area contributed by atoms with E-state index in [9.17, 15) is 38.3 Å². The monoisotopic (exact) mass is 433 g/mol. The number of phenols is 1. The summed E-state index contributed by atoms with van der Waals surface area (Å²) >= 11 is 0. The summed E-state index contributed by atoms with van der Waals surface area (Å²) in [7, 11) is -4.89. The van der Waals surface area contributed by atoms with Crippen LogP contribution in [-0.2, 0) is 10.1 Å². The molecule has 0 heterocycles. The van der Waals surface area contributed by atoms with E-state index in [4.69, 9.17) is 5.73 Å². The molecule has 3 aromatic carbocycles. The Kier molecular flexibility index (Phi) is 5.03. The first-order valence-corrected chi connectivity index (χ1v) is 9.30. The van der Waals surface area contributed by atoms with Gasteiger partial charge in [0.25, 0.3) is 15.8 Å². The van der Waals surface area contributed by atoms with E-state index >= 15 is 0 Å². The Hall–Kier alpha value is -4.17. The fourth-order valence-electron chi connectivity index (χ4n) is 2.62. The number of benzene rings is 3. The Bertz CT molecular complexity index is 1350. The molecule has 0 bridgehead atoms. The predicted molar refractivity (Wildman–Crippen MR) is 104 cm³/mol. The number of hydrogen-bond acceptors (Lipinski definition) is 10. The first-order valence-electron chi connectivity index (χ1n) is 7.86. The van der Waals surface area contributed by atoms with Crippen molar-refractivity contribution in [1.29, 1.82) is 0 Å². The second-order valence-electron chi connectivity index (χ2n) is 5.91. The number of non-ortho nitro benzene ring substituents is 1. The van der Waals surface area contributed by atoms with Crippen LogP contribution in [-0.4, -0.2) is 27.9 Å². The SMILES string of the molecule is Nc1ccc2c(O)c(N=Nc3ccc([N+](=O)[O-])cc3[N+](=O)[O-])c(S(=O)(=O)O)cc2c1. The predicted octanol–water partition coefficient (Wildman–Crippen LogP) is 3.61. The van der Waals surface area contributed by atoms with Gasteiger partial charge in [-0.25, -0.2) is 0 Å². The molecular formula is C16H11N5O8S. The minimum absolute atomic E-state index is 0.128. The number of phenolic OH excluding ortho intramolecular Hbond substituents is 1. The topological polar surface area (TPSA) is 212 Å². The number of anilines is 1. The van der Waals surface area contributed by atoms with Crippen LogP contribution < -0.4 is 5.73 Å². The molecule has 0 fully saturated rings. The largest absolute Gasteiger partial charge is 0.505 e. The number of nitrogens with zero attached hydrogens (tertiary/aromatic N) is 4. The molecule has 0 aliphatic carbocycles. The highest BCUT2D eigenvalue weighted by molar-refractivity contribution is 7.86. The Morgan fingerprint density at radius 1 is 0.967 bits per heavy atom. The highest BCUT2D eigenvalue weighted by atomic mass is 32.2. The van der Waals surface area contributed by atoms with E-state index < -0.39 is 53.4 Å². The summed E-state index contributed by atoms with van der Waals surface area (Å²) in [5, 5.41) is 39.9. The van der Waals surface area contributed by atoms with Crippen molar-refractivity contribution >= 4 is 49.3 Å². The van der Waals surface area contributed by atoms with E-state index in [1.54, 1.807) is 0 Å². The Morgan fingerprint density at radius 3 is 2.27 bits per heavy atom. The van der Waals surface area contributed by atoms with Gasteiger partial charge in [0.2, 0.25) is 0 Å². The molecule has 4 N–H and O–H groups in total. The van der Waals surface area contributed by atoms with Crippen molar-refractivity contribution in [2.75, 3.05) is 5.73 Å². The van der Waals surface area contributed by atoms with Crippen molar-refractivity contribution in [3.63, 3.8) is 0 Å². The van der Waals surface area contributed by atoms with Gasteiger partial charge in [0, 0.05) is 17.1 Å². The molecular weight excluding hydrogens is 422 g/mol. The molecule has 0 unspecified atom stereocenters. The number of hydrogen-bond donors (Lipinski definition) is 3. The maximum atomic E-state index is 11.8. The van der Waals surface area contributed by atoms with Gasteiger partial charge in [-0.3, -0.25) is 24.8 Å². The maximum Gasteiger partial charge on any atom is 0.303 e. The van der Waals surface area contributed by atoms with E-state index in [1.807, 2.05) is 0 Å². The molecule has 154 valence electrons. The zero-order valence-electron chi connectivity index (χ0n) is 14.7. The summed E-state index contributed by atoms with van der Waals surface area (Å²) in [6.45, 7) is 0. The fraction of sp³-hybridized carbons (Fsp3) is 0. The van der Waals surface area contributed by atoms with Gasteiger partial charge in [0.15, 0.2) is 11.4 Å². The van der Waals surface area contributed by atoms with Crippen LogP contribution >= 0.6 is 0 Å². The van der Waals surface area contributed by atoms with Crippen molar-refractivity contribution in [2.45, 2.75) is 4.90 Å². The van der Waals surface area contributed by atoms with Crippen molar-refractivity contribution in [1.82, 2.24) is 0 Å². The molecule has 0 aliphatic heterocycles. The molecule has 0 amide bonds. The van der Waals surface area contributed by atoms with Gasteiger partial charge in [-0.15, -0.1) is 10.2 Å². The zero-order chi connectivity index (χ0) is 22.2. The van der Waals surface area contributed by atoms with Gasteiger partial charge in [-0.2, -0.15) is 8.42 Å². The normalized spacial score (nSPS) is 11.8. The molecule has 0 aliphatic rings. The first-order chi connectivity index (χ1) is 14.0. The van der Waals surface area contributed by atoms with E-state index in [0.29, 0.717) is 6.07 Å². The zero-order valence-corrected chi connectivity index (χ0v) is 15.5. The average Bonchev–Trinajstić information content (AvgIpc) is 2.65. The summed E-state index contributed by atoms with van der Waals surface area (Å²) in [6, 6.07) is 7.68. The molecule has 0 spiro atoms. The van der Waals surface area contributed by atoms with Crippen LogP contribution in [0, 0.1) is 20.2 Å². The Labute approximate surface area is 167 Å². The molecule has 0 saturated carbocycles. The minimum atomic E-state index is -4.89. The van der Waals surface area contributed by atoms with Gasteiger partial charge in [-0.05, 0) is 35.7 Å². The van der Waals surface area contributed by atoms with E-state index in [-0.39, 0.29) is 16.5 Å². The fourth-order valence-corrected chi connectivity index (χ4v) is 3.28. The lowest BCUT2D eigenvalue weighted by Crippen LogP contribution is -1.99. The van der Waals surface area contributed by atoms with Gasteiger partial charge in [0.05, 0.1) is 15.9 Å². The third-order valence-corrected chi connectivity index (χ3v) is 4.84. The summed E-state index contributed by atoms with van der Waals surface area (Å²) in [5.41, 5.74) is 3.45. The van der Waals surface area contributed by atoms with Gasteiger partial charge < -0.3 is 10.8 Å². The van der Waals surface area contributed by atoms with Crippen molar-refractivity contribution in [3.05, 3.63) is 62.7 Å². The number of fused-ring (bicyclic) bond motifs is 1. The minimum Gasteiger partial charge on any atom is -0.505 e. The Morgan fingerprint density at radius 2 is 1.67 bits per heavy atom. The van der Waals surface area contributed by atoms with Gasteiger partial charge in [-0.1, -0.05) is 0 Å². The van der Waals surface area contributed by atoms with Crippen molar-refractivity contribution < 1.29 is 27.9 Å². The van der Waals surface area contributed by atoms with E-state index in [2.05, 4.69) is 10.2 Å². The van der Waals surface area contributed by atoms with E-state index in [1.165, 1.54) is 18.2 Å². The lowest BCUT2D eigenvalue weighted by Gasteiger charge is -2.09. The summed E-state index contributed by atoms with van der Waals surface area (Å²) < 4.78 is 33.0. The van der Waals surface area contributed by atoms with Crippen LogP contribution in [0.2, 0.25) is 0 Å². The molecule has 0 atom stereocenters. The lowest BCUT2D eigenvalue weighted by atomic mass is 10.1. The number of nitro benzene ring substituents is 2. The molecule has 13 nitrogen and oxygen atoms in total. The van der Waals surface area contributed by atoms with E-state index in [0.717, 1.165) is 18.2 Å². The molecule has 30 heavy (non-hydrogen) atoms. The molecule has 3 aromatic rings. The number of nitrogens with two attached hydrogens (primary N) is 1. The second kappa shape index (κ2) is 7.34. The van der Waals surface area contributed by atoms with Gasteiger partial charge in [0.1, 0.15) is 10.6 Å². The van der Waals surface area contributed by atoms with Crippen LogP contribution in [0.15, 0.2) is 57.6 Å². The number of rotatable bonds is 5. The smallest absolute Gasteiger partial charge is 0.303 e. The third kappa shape index (κ3) is 3.85. The summed E-state index contributed by atoms with van der Waals surface area (Å²) in [5.74, 6) is -0.673. The van der Waals surface area contributed by atoms with Crippen LogP contribution in [0.1, 0.15) is 0 Å². The molecule has 3 rings (SSSR count). The van der Waals surface area contributed by atoms with Crippen LogP contribution in [0.5, 0.6) is 5.75 Å². The molecule has 0 saturated heterocycles. The number of nitrogen functional groups attached to an aromatic ring is 1. The molecule has 14 heteroatoms. The second-order valence-corrected chi connectivity index (χ2v) is 7.30. The highest BCUT2D eigenvalue weighted by Gasteiger charge is 2.23. The first kappa shape index (κ1) is 20.6. The number of azo groups is 1.